The van der Waals surface area contributed by atoms with Gasteiger partial charge in [0.25, 0.3) is 0 Å². The fourth-order valence-electron chi connectivity index (χ4n) is 2.04. The minimum atomic E-state index is -0.187. The molecule has 0 atom stereocenters. The van der Waals surface area contributed by atoms with E-state index in [1.54, 1.807) is 6.07 Å². The molecule has 17 heavy (non-hydrogen) atoms. The highest BCUT2D eigenvalue weighted by Gasteiger charge is 2.07. The summed E-state index contributed by atoms with van der Waals surface area (Å²) >= 11 is 0. The van der Waals surface area contributed by atoms with Crippen LogP contribution in [-0.2, 0) is 6.54 Å². The van der Waals surface area contributed by atoms with Crippen LogP contribution >= 0.6 is 0 Å². The predicted molar refractivity (Wildman–Crippen MR) is 69.3 cm³/mol. The lowest BCUT2D eigenvalue weighted by atomic mass is 9.96. The van der Waals surface area contributed by atoms with Gasteiger partial charge in [-0.3, -0.25) is 0 Å². The molecule has 0 saturated carbocycles. The monoisotopic (exact) mass is 229 g/mol. The van der Waals surface area contributed by atoms with Gasteiger partial charge in [-0.25, -0.2) is 4.39 Å². The summed E-state index contributed by atoms with van der Waals surface area (Å²) in [4.78, 5) is 0. The van der Waals surface area contributed by atoms with Crippen molar-refractivity contribution in [3.05, 3.63) is 59.4 Å². The number of nitrogens with one attached hydrogen (secondary N) is 1. The molecular weight excluding hydrogens is 213 g/mol. The third kappa shape index (κ3) is 2.53. The quantitative estimate of drug-likeness (QED) is 0.849. The van der Waals surface area contributed by atoms with Crippen molar-refractivity contribution in [1.29, 1.82) is 0 Å². The molecule has 0 aliphatic carbocycles. The summed E-state index contributed by atoms with van der Waals surface area (Å²) in [6, 6.07) is 13.1. The molecule has 0 fully saturated rings. The fourth-order valence-corrected chi connectivity index (χ4v) is 2.04. The van der Waals surface area contributed by atoms with E-state index in [9.17, 15) is 4.39 Å². The Kier molecular flexibility index (Phi) is 3.55. The summed E-state index contributed by atoms with van der Waals surface area (Å²) in [7, 11) is 1.87. The molecule has 0 bridgehead atoms. The molecule has 0 amide bonds. The van der Waals surface area contributed by atoms with Crippen molar-refractivity contribution < 1.29 is 4.39 Å². The average molecular weight is 229 g/mol. The second-order valence-corrected chi connectivity index (χ2v) is 4.15. The normalized spacial score (nSPS) is 10.5. The van der Waals surface area contributed by atoms with Crippen LogP contribution in [0, 0.1) is 12.7 Å². The summed E-state index contributed by atoms with van der Waals surface area (Å²) in [5.41, 5.74) is 4.45. The van der Waals surface area contributed by atoms with E-state index in [1.807, 2.05) is 25.2 Å². The Hall–Kier alpha value is -1.67. The van der Waals surface area contributed by atoms with Gasteiger partial charge in [0.15, 0.2) is 0 Å². The standard InChI is InChI=1S/C15H16FN/c1-11-5-3-4-6-14(11)15-8-7-13(16)9-12(15)10-17-2/h3-9,17H,10H2,1-2H3. The minimum absolute atomic E-state index is 0.187. The molecule has 0 aromatic heterocycles. The first-order valence-corrected chi connectivity index (χ1v) is 5.71. The van der Waals surface area contributed by atoms with Gasteiger partial charge in [0.2, 0.25) is 0 Å². The summed E-state index contributed by atoms with van der Waals surface area (Å²) < 4.78 is 13.3. The van der Waals surface area contributed by atoms with E-state index in [0.29, 0.717) is 6.54 Å². The van der Waals surface area contributed by atoms with Crippen molar-refractivity contribution in [2.24, 2.45) is 0 Å². The molecule has 2 heteroatoms. The highest BCUT2D eigenvalue weighted by Crippen LogP contribution is 2.27. The van der Waals surface area contributed by atoms with Gasteiger partial charge in [-0.05, 0) is 48.4 Å². The molecule has 0 unspecified atom stereocenters. The maximum Gasteiger partial charge on any atom is 0.123 e. The van der Waals surface area contributed by atoms with Crippen LogP contribution in [0.15, 0.2) is 42.5 Å². The Morgan fingerprint density at radius 1 is 1.06 bits per heavy atom. The van der Waals surface area contributed by atoms with Crippen LogP contribution in [0.4, 0.5) is 4.39 Å². The highest BCUT2D eigenvalue weighted by molar-refractivity contribution is 5.70. The Morgan fingerprint density at radius 2 is 1.82 bits per heavy atom. The van der Waals surface area contributed by atoms with Crippen molar-refractivity contribution in [3.8, 4) is 11.1 Å². The van der Waals surface area contributed by atoms with Crippen LogP contribution in [0.2, 0.25) is 0 Å². The Balaban J connectivity index is 2.55. The van der Waals surface area contributed by atoms with E-state index in [-0.39, 0.29) is 5.82 Å². The van der Waals surface area contributed by atoms with Gasteiger partial charge in [0.1, 0.15) is 5.82 Å². The van der Waals surface area contributed by atoms with Gasteiger partial charge in [-0.15, -0.1) is 0 Å². The molecule has 2 aromatic rings. The fraction of sp³-hybridized carbons (Fsp3) is 0.200. The second-order valence-electron chi connectivity index (χ2n) is 4.15. The molecule has 0 heterocycles. The number of aryl methyl sites for hydroxylation is 1. The zero-order valence-corrected chi connectivity index (χ0v) is 10.1. The minimum Gasteiger partial charge on any atom is -0.316 e. The van der Waals surface area contributed by atoms with Crippen LogP contribution in [0.5, 0.6) is 0 Å². The number of hydrogen-bond donors (Lipinski definition) is 1. The van der Waals surface area contributed by atoms with E-state index >= 15 is 0 Å². The Labute approximate surface area is 101 Å². The third-order valence-electron chi connectivity index (χ3n) is 2.87. The molecule has 0 aliphatic rings. The van der Waals surface area contributed by atoms with Crippen LogP contribution in [0.25, 0.3) is 11.1 Å². The summed E-state index contributed by atoms with van der Waals surface area (Å²) in [5.74, 6) is -0.187. The molecule has 0 saturated heterocycles. The number of rotatable bonds is 3. The van der Waals surface area contributed by atoms with Crippen molar-refractivity contribution in [2.45, 2.75) is 13.5 Å². The molecule has 2 aromatic carbocycles. The molecule has 1 nitrogen and oxygen atoms in total. The van der Waals surface area contributed by atoms with E-state index < -0.39 is 0 Å². The SMILES string of the molecule is CNCc1cc(F)ccc1-c1ccccc1C. The molecule has 0 aliphatic heterocycles. The Bertz CT molecular complexity index is 520. The van der Waals surface area contributed by atoms with Gasteiger partial charge >= 0.3 is 0 Å². The van der Waals surface area contributed by atoms with E-state index in [1.165, 1.54) is 11.6 Å². The van der Waals surface area contributed by atoms with Gasteiger partial charge in [0, 0.05) is 6.54 Å². The van der Waals surface area contributed by atoms with E-state index in [4.69, 9.17) is 0 Å². The first-order valence-electron chi connectivity index (χ1n) is 5.71. The number of halogens is 1. The van der Waals surface area contributed by atoms with Crippen molar-refractivity contribution in [1.82, 2.24) is 5.32 Å². The smallest absolute Gasteiger partial charge is 0.123 e. The van der Waals surface area contributed by atoms with Crippen molar-refractivity contribution >= 4 is 0 Å². The zero-order valence-electron chi connectivity index (χ0n) is 10.1. The predicted octanol–water partition coefficient (Wildman–Crippen LogP) is 3.52. The highest BCUT2D eigenvalue weighted by atomic mass is 19.1. The van der Waals surface area contributed by atoms with Crippen LogP contribution in [0.3, 0.4) is 0 Å². The molecule has 0 spiro atoms. The van der Waals surface area contributed by atoms with Crippen LogP contribution in [-0.4, -0.2) is 7.05 Å². The van der Waals surface area contributed by atoms with Crippen molar-refractivity contribution in [2.75, 3.05) is 7.05 Å². The van der Waals surface area contributed by atoms with Gasteiger partial charge in [-0.2, -0.15) is 0 Å². The zero-order chi connectivity index (χ0) is 12.3. The van der Waals surface area contributed by atoms with Crippen molar-refractivity contribution in [3.63, 3.8) is 0 Å². The van der Waals surface area contributed by atoms with E-state index in [0.717, 1.165) is 16.7 Å². The van der Waals surface area contributed by atoms with Gasteiger partial charge in [-0.1, -0.05) is 30.3 Å². The van der Waals surface area contributed by atoms with Gasteiger partial charge < -0.3 is 5.32 Å². The second kappa shape index (κ2) is 5.11. The third-order valence-corrected chi connectivity index (χ3v) is 2.87. The molecule has 1 N–H and O–H groups in total. The molecule has 0 radical (unpaired) electrons. The first-order chi connectivity index (χ1) is 8.22. The summed E-state index contributed by atoms with van der Waals surface area (Å²) in [5, 5.41) is 3.07. The lowest BCUT2D eigenvalue weighted by molar-refractivity contribution is 0.624. The lowest BCUT2D eigenvalue weighted by Gasteiger charge is -2.12. The molecular formula is C15H16FN. The van der Waals surface area contributed by atoms with Crippen LogP contribution < -0.4 is 5.32 Å². The largest absolute Gasteiger partial charge is 0.316 e. The Morgan fingerprint density at radius 3 is 2.53 bits per heavy atom. The average Bonchev–Trinajstić information content (AvgIpc) is 2.31. The number of hydrogen-bond acceptors (Lipinski definition) is 1. The van der Waals surface area contributed by atoms with Gasteiger partial charge in [0.05, 0.1) is 0 Å². The summed E-state index contributed by atoms with van der Waals surface area (Å²) in [6.07, 6.45) is 0. The maximum absolute atomic E-state index is 13.3. The maximum atomic E-state index is 13.3. The molecule has 2 rings (SSSR count). The summed E-state index contributed by atoms with van der Waals surface area (Å²) in [6.45, 7) is 2.74. The topological polar surface area (TPSA) is 12.0 Å². The van der Waals surface area contributed by atoms with E-state index in [2.05, 4.69) is 24.4 Å². The first kappa shape index (κ1) is 11.8. The lowest BCUT2D eigenvalue weighted by Crippen LogP contribution is -2.07. The molecule has 88 valence electrons. The number of benzene rings is 2. The van der Waals surface area contributed by atoms with Crippen LogP contribution in [0.1, 0.15) is 11.1 Å².